The second-order valence-electron chi connectivity index (χ2n) is 8.23. The van der Waals surface area contributed by atoms with Crippen molar-refractivity contribution in [2.24, 2.45) is 0 Å². The molecule has 2 heteroatoms. The van der Waals surface area contributed by atoms with Crippen LogP contribution in [0.2, 0.25) is 0 Å². The van der Waals surface area contributed by atoms with E-state index in [-0.39, 0.29) is 12.2 Å². The first-order valence-corrected chi connectivity index (χ1v) is 12.2. The Kier molecular flexibility index (Phi) is 21.7. The van der Waals surface area contributed by atoms with Gasteiger partial charge in [-0.2, -0.15) is 0 Å². The third-order valence-corrected chi connectivity index (χ3v) is 5.52. The molecule has 1 N–H and O–H groups in total. The summed E-state index contributed by atoms with van der Waals surface area (Å²) in [7, 11) is 0. The van der Waals surface area contributed by atoms with Crippen LogP contribution in [0, 0.1) is 0 Å². The van der Waals surface area contributed by atoms with Crippen LogP contribution < -0.4 is 0 Å². The second kappa shape index (κ2) is 22.0. The van der Waals surface area contributed by atoms with Gasteiger partial charge in [0.1, 0.15) is 6.10 Å². The van der Waals surface area contributed by atoms with Crippen molar-refractivity contribution in [2.75, 3.05) is 6.61 Å². The molecule has 0 heterocycles. The lowest BCUT2D eigenvalue weighted by Crippen LogP contribution is -2.27. The first-order valence-electron chi connectivity index (χ1n) is 12.2. The maximum atomic E-state index is 10.3. The van der Waals surface area contributed by atoms with Crippen molar-refractivity contribution in [1.82, 2.24) is 0 Å². The summed E-state index contributed by atoms with van der Waals surface area (Å²) in [4.78, 5) is 0. The van der Waals surface area contributed by atoms with E-state index in [4.69, 9.17) is 4.74 Å². The van der Waals surface area contributed by atoms with Crippen LogP contribution in [0.1, 0.15) is 129 Å². The quantitative estimate of drug-likeness (QED) is 0.152. The van der Waals surface area contributed by atoms with Crippen molar-refractivity contribution in [2.45, 2.75) is 142 Å². The number of hydrogen-bond donors (Lipinski definition) is 1. The summed E-state index contributed by atoms with van der Waals surface area (Å²) in [5, 5.41) is 10.3. The Bertz CT molecular complexity index is 290. The molecule has 2 atom stereocenters. The molecule has 0 aliphatic carbocycles. The van der Waals surface area contributed by atoms with E-state index in [1.807, 2.05) is 0 Å². The minimum atomic E-state index is -0.388. The van der Waals surface area contributed by atoms with Crippen LogP contribution in [0.25, 0.3) is 0 Å². The van der Waals surface area contributed by atoms with E-state index in [0.717, 1.165) is 25.9 Å². The number of ether oxygens (including phenoxy) is 1. The second-order valence-corrected chi connectivity index (χ2v) is 8.23. The fourth-order valence-electron chi connectivity index (χ4n) is 3.62. The highest BCUT2D eigenvalue weighted by Gasteiger charge is 2.15. The van der Waals surface area contributed by atoms with E-state index in [1.54, 1.807) is 6.08 Å². The molecule has 0 rings (SSSR count). The van der Waals surface area contributed by atoms with Crippen LogP contribution in [0.15, 0.2) is 12.7 Å². The molecule has 0 radical (unpaired) electrons. The van der Waals surface area contributed by atoms with Crippen molar-refractivity contribution in [3.63, 3.8) is 0 Å². The van der Waals surface area contributed by atoms with Crippen LogP contribution in [-0.2, 0) is 4.74 Å². The van der Waals surface area contributed by atoms with Crippen molar-refractivity contribution in [3.05, 3.63) is 12.7 Å². The Balaban J connectivity index is 3.47. The number of aliphatic hydroxyl groups excluding tert-OH is 1. The summed E-state index contributed by atoms with van der Waals surface area (Å²) in [6.07, 6.45) is 24.4. The molecule has 0 bridgehead atoms. The number of unbranched alkanes of at least 4 members (excludes halogenated alkanes) is 15. The summed E-state index contributed by atoms with van der Waals surface area (Å²) in [5.74, 6) is 0. The molecule has 0 spiro atoms. The summed E-state index contributed by atoms with van der Waals surface area (Å²) < 4.78 is 5.87. The number of hydrogen-bond acceptors (Lipinski definition) is 2. The van der Waals surface area contributed by atoms with Crippen molar-refractivity contribution >= 4 is 0 Å². The van der Waals surface area contributed by atoms with Crippen molar-refractivity contribution in [3.8, 4) is 0 Å². The Morgan fingerprint density at radius 3 is 1.52 bits per heavy atom. The van der Waals surface area contributed by atoms with Gasteiger partial charge >= 0.3 is 0 Å². The number of rotatable bonds is 22. The predicted octanol–water partition coefficient (Wildman–Crippen LogP) is 7.98. The zero-order valence-corrected chi connectivity index (χ0v) is 18.7. The molecule has 0 aliphatic rings. The molecule has 0 fully saturated rings. The highest BCUT2D eigenvalue weighted by Crippen LogP contribution is 2.14. The molecule has 27 heavy (non-hydrogen) atoms. The Morgan fingerprint density at radius 2 is 1.07 bits per heavy atom. The molecule has 0 aromatic rings. The molecule has 2 nitrogen and oxygen atoms in total. The van der Waals surface area contributed by atoms with E-state index in [9.17, 15) is 5.11 Å². The van der Waals surface area contributed by atoms with E-state index in [1.165, 1.54) is 96.3 Å². The minimum Gasteiger partial charge on any atom is -0.390 e. The average Bonchev–Trinajstić information content (AvgIpc) is 2.68. The van der Waals surface area contributed by atoms with Crippen LogP contribution in [0.5, 0.6) is 0 Å². The maximum absolute atomic E-state index is 10.3. The van der Waals surface area contributed by atoms with Crippen LogP contribution in [0.4, 0.5) is 0 Å². The molecule has 162 valence electrons. The monoisotopic (exact) mass is 382 g/mol. The zero-order valence-electron chi connectivity index (χ0n) is 18.7. The van der Waals surface area contributed by atoms with E-state index in [2.05, 4.69) is 20.4 Å². The summed E-state index contributed by atoms with van der Waals surface area (Å²) in [6.45, 7) is 9.12. The summed E-state index contributed by atoms with van der Waals surface area (Å²) >= 11 is 0. The van der Waals surface area contributed by atoms with Crippen LogP contribution in [-0.4, -0.2) is 23.9 Å². The largest absolute Gasteiger partial charge is 0.390 e. The Labute approximate surface area is 171 Å². The molecule has 0 aromatic carbocycles. The fraction of sp³-hybridized carbons (Fsp3) is 0.920. The van der Waals surface area contributed by atoms with E-state index < -0.39 is 0 Å². The third-order valence-electron chi connectivity index (χ3n) is 5.52. The van der Waals surface area contributed by atoms with Crippen LogP contribution in [0.3, 0.4) is 0 Å². The lowest BCUT2D eigenvalue weighted by atomic mass is 10.0. The highest BCUT2D eigenvalue weighted by atomic mass is 16.5. The highest BCUT2D eigenvalue weighted by molar-refractivity contribution is 4.86. The lowest BCUT2D eigenvalue weighted by Gasteiger charge is -2.20. The van der Waals surface area contributed by atoms with Gasteiger partial charge < -0.3 is 9.84 Å². The van der Waals surface area contributed by atoms with E-state index >= 15 is 0 Å². The molecule has 0 amide bonds. The van der Waals surface area contributed by atoms with Gasteiger partial charge in [0.25, 0.3) is 0 Å². The van der Waals surface area contributed by atoms with Gasteiger partial charge in [-0.05, 0) is 12.8 Å². The SMILES string of the molecule is C=CC(OCCCCCCCCCCCC)C(O)CCCCCCCCC. The topological polar surface area (TPSA) is 29.5 Å². The van der Waals surface area contributed by atoms with Gasteiger partial charge in [-0.1, -0.05) is 123 Å². The van der Waals surface area contributed by atoms with Crippen LogP contribution >= 0.6 is 0 Å². The summed E-state index contributed by atoms with van der Waals surface area (Å²) in [6, 6.07) is 0. The molecule has 2 unspecified atom stereocenters. The van der Waals surface area contributed by atoms with Gasteiger partial charge in [-0.3, -0.25) is 0 Å². The Hall–Kier alpha value is -0.340. The van der Waals surface area contributed by atoms with Gasteiger partial charge in [-0.15, -0.1) is 6.58 Å². The molecule has 0 aliphatic heterocycles. The van der Waals surface area contributed by atoms with Crippen molar-refractivity contribution in [1.29, 1.82) is 0 Å². The smallest absolute Gasteiger partial charge is 0.101 e. The van der Waals surface area contributed by atoms with Gasteiger partial charge in [0.05, 0.1) is 6.10 Å². The standard InChI is InChI=1S/C25H50O2/c1-4-7-9-11-13-14-15-17-19-21-23-27-25(6-3)24(26)22-20-18-16-12-10-8-5-2/h6,24-26H,3-5,7-23H2,1-2H3. The molecule has 0 saturated carbocycles. The van der Waals surface area contributed by atoms with Gasteiger partial charge in [0.15, 0.2) is 0 Å². The fourth-order valence-corrected chi connectivity index (χ4v) is 3.62. The lowest BCUT2D eigenvalue weighted by molar-refractivity contribution is -0.0154. The summed E-state index contributed by atoms with van der Waals surface area (Å²) in [5.41, 5.74) is 0. The normalized spacial score (nSPS) is 13.6. The van der Waals surface area contributed by atoms with Gasteiger partial charge in [0, 0.05) is 6.61 Å². The maximum Gasteiger partial charge on any atom is 0.101 e. The predicted molar refractivity (Wildman–Crippen MR) is 120 cm³/mol. The molecule has 0 aromatic heterocycles. The minimum absolute atomic E-state index is 0.191. The van der Waals surface area contributed by atoms with Gasteiger partial charge in [-0.25, -0.2) is 0 Å². The zero-order chi connectivity index (χ0) is 20.0. The van der Waals surface area contributed by atoms with E-state index in [0.29, 0.717) is 0 Å². The van der Waals surface area contributed by atoms with Gasteiger partial charge in [0.2, 0.25) is 0 Å². The van der Waals surface area contributed by atoms with Crippen molar-refractivity contribution < 1.29 is 9.84 Å². The first kappa shape index (κ1) is 26.7. The molecular formula is C25H50O2. The average molecular weight is 383 g/mol. The third kappa shape index (κ3) is 18.8. The Morgan fingerprint density at radius 1 is 0.667 bits per heavy atom. The molecular weight excluding hydrogens is 332 g/mol. The molecule has 0 saturated heterocycles. The first-order chi connectivity index (χ1) is 13.3. The number of aliphatic hydroxyl groups is 1.